The van der Waals surface area contributed by atoms with Crippen LogP contribution < -0.4 is 11.3 Å². The van der Waals surface area contributed by atoms with Crippen LogP contribution in [0, 0.1) is 4.77 Å². The van der Waals surface area contributed by atoms with Crippen molar-refractivity contribution in [2.75, 3.05) is 5.73 Å². The largest absolute Gasteiger partial charge is 0.399 e. The van der Waals surface area contributed by atoms with Crippen molar-refractivity contribution in [3.63, 3.8) is 0 Å². The Balaban J connectivity index is 3.07. The molecular weight excluding hydrogens is 198 g/mol. The molecule has 0 fully saturated rings. The Morgan fingerprint density at radius 1 is 1.50 bits per heavy atom. The molecule has 0 aliphatic heterocycles. The fourth-order valence-electron chi connectivity index (χ4n) is 1.32. The van der Waals surface area contributed by atoms with Crippen molar-refractivity contribution in [1.82, 2.24) is 9.55 Å². The highest BCUT2D eigenvalue weighted by Gasteiger charge is 2.01. The minimum absolute atomic E-state index is 0.129. The highest BCUT2D eigenvalue weighted by Crippen LogP contribution is 2.10. The molecule has 0 aliphatic carbocycles. The first-order valence-corrected chi connectivity index (χ1v) is 4.49. The van der Waals surface area contributed by atoms with Gasteiger partial charge in [0.1, 0.15) is 0 Å². The number of benzene rings is 1. The van der Waals surface area contributed by atoms with E-state index in [0.717, 1.165) is 0 Å². The normalized spacial score (nSPS) is 10.6. The molecule has 14 heavy (non-hydrogen) atoms. The van der Waals surface area contributed by atoms with Gasteiger partial charge in [0.25, 0.3) is 5.56 Å². The molecule has 2 rings (SSSR count). The van der Waals surface area contributed by atoms with Gasteiger partial charge in [-0.05, 0) is 30.4 Å². The number of nitrogens with one attached hydrogen (secondary N) is 1. The summed E-state index contributed by atoms with van der Waals surface area (Å²) < 4.78 is 1.80. The molecule has 1 aromatic carbocycles. The molecule has 0 aliphatic rings. The monoisotopic (exact) mass is 207 g/mol. The van der Waals surface area contributed by atoms with Gasteiger partial charge in [0.2, 0.25) is 0 Å². The summed E-state index contributed by atoms with van der Waals surface area (Å²) in [7, 11) is 1.63. The lowest BCUT2D eigenvalue weighted by Gasteiger charge is -2.02. The van der Waals surface area contributed by atoms with Crippen LogP contribution >= 0.6 is 12.2 Å². The number of aromatic amines is 1. The molecule has 1 heterocycles. The lowest BCUT2D eigenvalue weighted by molar-refractivity contribution is 0.824. The van der Waals surface area contributed by atoms with Gasteiger partial charge >= 0.3 is 0 Å². The van der Waals surface area contributed by atoms with Crippen LogP contribution in [0.15, 0.2) is 23.0 Å². The summed E-state index contributed by atoms with van der Waals surface area (Å²) in [6.07, 6.45) is 0. The van der Waals surface area contributed by atoms with Gasteiger partial charge < -0.3 is 10.7 Å². The van der Waals surface area contributed by atoms with Crippen molar-refractivity contribution >= 4 is 28.8 Å². The van der Waals surface area contributed by atoms with Crippen LogP contribution in [-0.2, 0) is 7.05 Å². The number of anilines is 1. The minimum atomic E-state index is -0.129. The van der Waals surface area contributed by atoms with E-state index >= 15 is 0 Å². The third kappa shape index (κ3) is 1.22. The molecule has 1 aromatic heterocycles. The van der Waals surface area contributed by atoms with Gasteiger partial charge in [0.15, 0.2) is 4.77 Å². The maximum absolute atomic E-state index is 11.7. The molecular formula is C9H9N3OS. The zero-order chi connectivity index (χ0) is 10.3. The maximum Gasteiger partial charge on any atom is 0.261 e. The Kier molecular flexibility index (Phi) is 1.89. The lowest BCUT2D eigenvalue weighted by Crippen LogP contribution is -2.18. The molecule has 0 bridgehead atoms. The second-order valence-electron chi connectivity index (χ2n) is 3.10. The van der Waals surface area contributed by atoms with Crippen LogP contribution in [0.4, 0.5) is 5.69 Å². The van der Waals surface area contributed by atoms with Crippen LogP contribution in [0.3, 0.4) is 0 Å². The number of nitrogens with zero attached hydrogens (tertiary/aromatic N) is 1. The van der Waals surface area contributed by atoms with Gasteiger partial charge in [-0.1, -0.05) is 0 Å². The standard InChI is InChI=1S/C9H9N3OS/c1-12-8(13)6-4-5(10)2-3-7(6)11-9(12)14/h2-4H,10H2,1H3,(H,11,14). The highest BCUT2D eigenvalue weighted by molar-refractivity contribution is 7.71. The minimum Gasteiger partial charge on any atom is -0.399 e. The average Bonchev–Trinajstić information content (AvgIpc) is 2.16. The Labute approximate surface area is 85.0 Å². The second kappa shape index (κ2) is 2.95. The fraction of sp³-hybridized carbons (Fsp3) is 0.111. The first-order chi connectivity index (χ1) is 6.59. The number of H-pyrrole nitrogens is 1. The Morgan fingerprint density at radius 3 is 2.93 bits per heavy atom. The van der Waals surface area contributed by atoms with E-state index in [0.29, 0.717) is 21.4 Å². The summed E-state index contributed by atoms with van der Waals surface area (Å²) in [6.45, 7) is 0. The van der Waals surface area contributed by atoms with Gasteiger partial charge in [0.05, 0.1) is 10.9 Å². The molecule has 0 spiro atoms. The number of nitrogens with two attached hydrogens (primary N) is 1. The number of aromatic nitrogens is 2. The summed E-state index contributed by atoms with van der Waals surface area (Å²) in [6, 6.07) is 5.12. The zero-order valence-corrected chi connectivity index (χ0v) is 8.39. The Bertz CT molecular complexity index is 611. The summed E-state index contributed by atoms with van der Waals surface area (Å²) in [5, 5.41) is 0.557. The predicted molar refractivity (Wildman–Crippen MR) is 58.8 cm³/mol. The van der Waals surface area contributed by atoms with E-state index in [1.165, 1.54) is 4.57 Å². The summed E-state index contributed by atoms with van der Waals surface area (Å²) >= 11 is 4.98. The number of hydrogen-bond acceptors (Lipinski definition) is 3. The van der Waals surface area contributed by atoms with Crippen LogP contribution in [0.5, 0.6) is 0 Å². The van der Waals surface area contributed by atoms with E-state index in [1.807, 2.05) is 0 Å². The van der Waals surface area contributed by atoms with E-state index in [9.17, 15) is 4.79 Å². The number of hydrogen-bond donors (Lipinski definition) is 2. The van der Waals surface area contributed by atoms with Gasteiger partial charge in [-0.15, -0.1) is 0 Å². The van der Waals surface area contributed by atoms with Crippen molar-refractivity contribution in [3.8, 4) is 0 Å². The molecule has 0 radical (unpaired) electrons. The van der Waals surface area contributed by atoms with Crippen LogP contribution in [-0.4, -0.2) is 9.55 Å². The molecule has 0 amide bonds. The summed E-state index contributed by atoms with van der Waals surface area (Å²) in [5.74, 6) is 0. The lowest BCUT2D eigenvalue weighted by atomic mass is 10.2. The molecule has 2 aromatic rings. The topological polar surface area (TPSA) is 63.8 Å². The van der Waals surface area contributed by atoms with Crippen molar-refractivity contribution in [1.29, 1.82) is 0 Å². The van der Waals surface area contributed by atoms with Crippen molar-refractivity contribution in [2.45, 2.75) is 0 Å². The van der Waals surface area contributed by atoms with Gasteiger partial charge in [-0.3, -0.25) is 9.36 Å². The van der Waals surface area contributed by atoms with Crippen molar-refractivity contribution < 1.29 is 0 Å². The maximum atomic E-state index is 11.7. The first kappa shape index (κ1) is 8.96. The predicted octanol–water partition coefficient (Wildman–Crippen LogP) is 1.18. The fourth-order valence-corrected chi connectivity index (χ4v) is 1.51. The van der Waals surface area contributed by atoms with E-state index in [2.05, 4.69) is 4.98 Å². The van der Waals surface area contributed by atoms with E-state index in [1.54, 1.807) is 25.2 Å². The second-order valence-corrected chi connectivity index (χ2v) is 3.49. The third-order valence-electron chi connectivity index (χ3n) is 2.12. The molecule has 3 N–H and O–H groups in total. The average molecular weight is 207 g/mol. The van der Waals surface area contributed by atoms with Gasteiger partial charge in [-0.2, -0.15) is 0 Å². The van der Waals surface area contributed by atoms with E-state index in [4.69, 9.17) is 18.0 Å². The molecule has 0 saturated heterocycles. The van der Waals surface area contributed by atoms with Crippen molar-refractivity contribution in [3.05, 3.63) is 33.3 Å². The van der Waals surface area contributed by atoms with Crippen molar-refractivity contribution in [2.24, 2.45) is 7.05 Å². The third-order valence-corrected chi connectivity index (χ3v) is 2.50. The van der Waals surface area contributed by atoms with E-state index < -0.39 is 0 Å². The van der Waals surface area contributed by atoms with Gasteiger partial charge in [-0.25, -0.2) is 0 Å². The molecule has 4 nitrogen and oxygen atoms in total. The summed E-state index contributed by atoms with van der Waals surface area (Å²) in [5.41, 5.74) is 6.75. The Hall–Kier alpha value is -1.62. The van der Waals surface area contributed by atoms with Gasteiger partial charge in [0, 0.05) is 12.7 Å². The number of fused-ring (bicyclic) bond motifs is 1. The van der Waals surface area contributed by atoms with Crippen LogP contribution in [0.1, 0.15) is 0 Å². The van der Waals surface area contributed by atoms with Crippen LogP contribution in [0.2, 0.25) is 0 Å². The summed E-state index contributed by atoms with van der Waals surface area (Å²) in [4.78, 5) is 14.7. The molecule has 5 heteroatoms. The smallest absolute Gasteiger partial charge is 0.261 e. The Morgan fingerprint density at radius 2 is 2.21 bits per heavy atom. The molecule has 72 valence electrons. The van der Waals surface area contributed by atoms with Crippen LogP contribution in [0.25, 0.3) is 10.9 Å². The SMILES string of the molecule is Cn1c(=S)[nH]c2ccc(N)cc2c1=O. The number of nitrogen functional groups attached to an aromatic ring is 1. The molecule has 0 saturated carbocycles. The van der Waals surface area contributed by atoms with E-state index in [-0.39, 0.29) is 5.56 Å². The zero-order valence-electron chi connectivity index (χ0n) is 7.57. The highest BCUT2D eigenvalue weighted by atomic mass is 32.1. The number of rotatable bonds is 0. The molecule has 0 unspecified atom stereocenters. The first-order valence-electron chi connectivity index (χ1n) is 4.08. The quantitative estimate of drug-likeness (QED) is 0.503. The molecule has 0 atom stereocenters.